The molecule has 4 heteroatoms. The Balaban J connectivity index is 1.06. The van der Waals surface area contributed by atoms with Gasteiger partial charge in [0.1, 0.15) is 0 Å². The average Bonchev–Trinajstić information content (AvgIpc) is 2.85. The van der Waals surface area contributed by atoms with Gasteiger partial charge in [-0.3, -0.25) is 4.79 Å². The van der Waals surface area contributed by atoms with Gasteiger partial charge in [-0.05, 0) is 80.4 Å². The number of fused-ring (bicyclic) bond motifs is 1. The predicted octanol–water partition coefficient (Wildman–Crippen LogP) is 5.69. The number of unbranched alkanes of at least 4 members (excludes halogenated alkanes) is 1. The van der Waals surface area contributed by atoms with Crippen molar-refractivity contribution in [1.82, 2.24) is 15.5 Å². The van der Waals surface area contributed by atoms with Gasteiger partial charge in [-0.1, -0.05) is 74.6 Å². The molecule has 4 rings (SSSR count). The first-order chi connectivity index (χ1) is 16.8. The van der Waals surface area contributed by atoms with Gasteiger partial charge in [0.05, 0.1) is 6.42 Å². The van der Waals surface area contributed by atoms with Crippen LogP contribution in [-0.2, 0) is 11.2 Å². The maximum Gasteiger partial charge on any atom is 0.227 e. The molecular formula is C30H45N3O. The number of likely N-dealkylation sites (tertiary alicyclic amines) is 1. The molecule has 0 aromatic heterocycles. The number of carbonyl (C=O) groups excluding carboxylic acids is 1. The molecule has 1 aliphatic heterocycles. The summed E-state index contributed by atoms with van der Waals surface area (Å²) in [6, 6.07) is 15.4. The molecule has 0 unspecified atom stereocenters. The predicted molar refractivity (Wildman–Crippen MR) is 143 cm³/mol. The zero-order valence-electron chi connectivity index (χ0n) is 21.1. The summed E-state index contributed by atoms with van der Waals surface area (Å²) >= 11 is 0. The number of benzene rings is 2. The molecular weight excluding hydrogens is 418 g/mol. The minimum Gasteiger partial charge on any atom is -0.342 e. The Bertz CT molecular complexity index is 861. The van der Waals surface area contributed by atoms with E-state index in [4.69, 9.17) is 0 Å². The summed E-state index contributed by atoms with van der Waals surface area (Å²) in [5, 5.41) is 9.91. The van der Waals surface area contributed by atoms with E-state index in [1.165, 1.54) is 75.1 Å². The van der Waals surface area contributed by atoms with Crippen LogP contribution in [-0.4, -0.2) is 49.6 Å². The van der Waals surface area contributed by atoms with Gasteiger partial charge < -0.3 is 15.5 Å². The van der Waals surface area contributed by atoms with E-state index in [1.807, 2.05) is 0 Å². The zero-order valence-corrected chi connectivity index (χ0v) is 21.1. The molecule has 0 spiro atoms. The number of piperidine rings is 1. The first kappa shape index (κ1) is 25.2. The maximum absolute atomic E-state index is 12.9. The van der Waals surface area contributed by atoms with E-state index in [-0.39, 0.29) is 5.91 Å². The number of amides is 1. The van der Waals surface area contributed by atoms with Crippen molar-refractivity contribution in [2.45, 2.75) is 83.1 Å². The molecule has 2 aromatic rings. The van der Waals surface area contributed by atoms with E-state index in [9.17, 15) is 4.79 Å². The van der Waals surface area contributed by atoms with Crippen molar-refractivity contribution < 1.29 is 4.79 Å². The van der Waals surface area contributed by atoms with E-state index in [0.29, 0.717) is 12.3 Å². The lowest BCUT2D eigenvalue weighted by molar-refractivity contribution is -0.131. The van der Waals surface area contributed by atoms with Crippen molar-refractivity contribution in [3.8, 4) is 0 Å². The minimum absolute atomic E-state index is 0.277. The smallest absolute Gasteiger partial charge is 0.227 e. The van der Waals surface area contributed by atoms with Crippen LogP contribution in [0.15, 0.2) is 42.5 Å². The molecule has 1 amide bonds. The Hall–Kier alpha value is -1.91. The average molecular weight is 464 g/mol. The van der Waals surface area contributed by atoms with Crippen LogP contribution in [0.5, 0.6) is 0 Å². The Labute approximate surface area is 206 Å². The van der Waals surface area contributed by atoms with Gasteiger partial charge in [0.15, 0.2) is 0 Å². The van der Waals surface area contributed by atoms with E-state index in [1.54, 1.807) is 0 Å². The highest BCUT2D eigenvalue weighted by molar-refractivity contribution is 5.90. The largest absolute Gasteiger partial charge is 0.342 e. The topological polar surface area (TPSA) is 44.4 Å². The van der Waals surface area contributed by atoms with Crippen LogP contribution in [0.1, 0.15) is 76.2 Å². The highest BCUT2D eigenvalue weighted by Gasteiger charge is 2.23. The number of hydrogen-bond donors (Lipinski definition) is 2. The number of carbonyl (C=O) groups is 1. The number of nitrogens with one attached hydrogen (secondary N) is 2. The third-order valence-electron chi connectivity index (χ3n) is 7.94. The van der Waals surface area contributed by atoms with Gasteiger partial charge in [0, 0.05) is 19.1 Å². The van der Waals surface area contributed by atoms with Crippen molar-refractivity contribution in [3.05, 3.63) is 48.0 Å². The summed E-state index contributed by atoms with van der Waals surface area (Å²) in [5.74, 6) is 0.981. The molecule has 2 fully saturated rings. The fourth-order valence-electron chi connectivity index (χ4n) is 5.76. The van der Waals surface area contributed by atoms with Gasteiger partial charge in [0.2, 0.25) is 5.91 Å². The summed E-state index contributed by atoms with van der Waals surface area (Å²) in [4.78, 5) is 15.0. The molecule has 0 bridgehead atoms. The quantitative estimate of drug-likeness (QED) is 0.445. The summed E-state index contributed by atoms with van der Waals surface area (Å²) in [6.07, 6.45) is 15.2. The molecule has 1 saturated carbocycles. The molecule has 0 radical (unpaired) electrons. The van der Waals surface area contributed by atoms with Crippen molar-refractivity contribution in [2.75, 3.05) is 32.7 Å². The normalized spacial score (nSPS) is 18.6. The summed E-state index contributed by atoms with van der Waals surface area (Å²) < 4.78 is 0. The van der Waals surface area contributed by atoms with Crippen molar-refractivity contribution in [2.24, 2.45) is 5.92 Å². The number of hydrogen-bond acceptors (Lipinski definition) is 3. The molecule has 34 heavy (non-hydrogen) atoms. The van der Waals surface area contributed by atoms with Crippen LogP contribution in [0.25, 0.3) is 10.8 Å². The lowest BCUT2D eigenvalue weighted by Crippen LogP contribution is -2.41. The van der Waals surface area contributed by atoms with Crippen molar-refractivity contribution in [3.63, 3.8) is 0 Å². The van der Waals surface area contributed by atoms with E-state index < -0.39 is 0 Å². The minimum atomic E-state index is 0.277. The fraction of sp³-hybridized carbons (Fsp3) is 0.633. The standard InChI is InChI=1S/C30H45N3O/c34-30(23-27-13-10-12-26-11-6-7-16-29(26)27)33-21-17-25(18-22-33)24-31-19-8-9-20-32-28-14-4-2-1-3-5-15-28/h6-7,10-13,16,25,28,31-32H,1-5,8-9,14-15,17-24H2. The van der Waals surface area contributed by atoms with Gasteiger partial charge in [0.25, 0.3) is 0 Å². The van der Waals surface area contributed by atoms with Crippen molar-refractivity contribution >= 4 is 16.7 Å². The molecule has 4 nitrogen and oxygen atoms in total. The number of rotatable bonds is 10. The third-order valence-corrected chi connectivity index (χ3v) is 7.94. The Kier molecular flexibility index (Phi) is 10.3. The summed E-state index contributed by atoms with van der Waals surface area (Å²) in [5.41, 5.74) is 1.15. The second-order valence-electron chi connectivity index (χ2n) is 10.5. The van der Waals surface area contributed by atoms with E-state index in [2.05, 4.69) is 58.0 Å². The Morgan fingerprint density at radius 2 is 1.53 bits per heavy atom. The van der Waals surface area contributed by atoms with E-state index in [0.717, 1.165) is 50.6 Å². The first-order valence-electron chi connectivity index (χ1n) is 14.0. The molecule has 186 valence electrons. The molecule has 2 aromatic carbocycles. The van der Waals surface area contributed by atoms with Crippen LogP contribution in [0.4, 0.5) is 0 Å². The van der Waals surface area contributed by atoms with Crippen LogP contribution < -0.4 is 10.6 Å². The van der Waals surface area contributed by atoms with Crippen LogP contribution in [0.3, 0.4) is 0 Å². The molecule has 0 atom stereocenters. The fourth-order valence-corrected chi connectivity index (χ4v) is 5.76. The molecule has 1 heterocycles. The lowest BCUT2D eigenvalue weighted by Gasteiger charge is -2.32. The SMILES string of the molecule is O=C(Cc1cccc2ccccc12)N1CCC(CNCCCCNC2CCCCCCC2)CC1. The van der Waals surface area contributed by atoms with Gasteiger partial charge in [-0.25, -0.2) is 0 Å². The van der Waals surface area contributed by atoms with Gasteiger partial charge >= 0.3 is 0 Å². The van der Waals surface area contributed by atoms with Gasteiger partial charge in [-0.2, -0.15) is 0 Å². The van der Waals surface area contributed by atoms with Crippen LogP contribution in [0, 0.1) is 5.92 Å². The van der Waals surface area contributed by atoms with Gasteiger partial charge in [-0.15, -0.1) is 0 Å². The molecule has 2 N–H and O–H groups in total. The molecule has 1 saturated heterocycles. The monoisotopic (exact) mass is 463 g/mol. The Morgan fingerprint density at radius 3 is 2.35 bits per heavy atom. The number of nitrogens with zero attached hydrogens (tertiary/aromatic N) is 1. The lowest BCUT2D eigenvalue weighted by atomic mass is 9.95. The Morgan fingerprint density at radius 1 is 0.824 bits per heavy atom. The maximum atomic E-state index is 12.9. The zero-order chi connectivity index (χ0) is 23.4. The molecule has 2 aliphatic rings. The first-order valence-corrected chi connectivity index (χ1v) is 14.0. The third kappa shape index (κ3) is 7.81. The second-order valence-corrected chi connectivity index (χ2v) is 10.5. The second kappa shape index (κ2) is 13.8. The molecule has 1 aliphatic carbocycles. The highest BCUT2D eigenvalue weighted by Crippen LogP contribution is 2.22. The highest BCUT2D eigenvalue weighted by atomic mass is 16.2. The van der Waals surface area contributed by atoms with Crippen LogP contribution >= 0.6 is 0 Å². The summed E-state index contributed by atoms with van der Waals surface area (Å²) in [6.45, 7) is 5.19. The van der Waals surface area contributed by atoms with Crippen LogP contribution in [0.2, 0.25) is 0 Å². The van der Waals surface area contributed by atoms with E-state index >= 15 is 0 Å². The summed E-state index contributed by atoms with van der Waals surface area (Å²) in [7, 11) is 0. The van der Waals surface area contributed by atoms with Crippen molar-refractivity contribution in [1.29, 1.82) is 0 Å².